The zero-order chi connectivity index (χ0) is 17.2. The van der Waals surface area contributed by atoms with Crippen LogP contribution in [0.5, 0.6) is 0 Å². The van der Waals surface area contributed by atoms with Crippen molar-refractivity contribution in [2.75, 3.05) is 37.7 Å². The first kappa shape index (κ1) is 17.6. The average Bonchev–Trinajstić information content (AvgIpc) is 2.94. The molecule has 0 bridgehead atoms. The van der Waals surface area contributed by atoms with Crippen LogP contribution < -0.4 is 0 Å². The molecule has 1 aromatic carbocycles. The highest BCUT2D eigenvalue weighted by atomic mass is 32.2. The zero-order valence-electron chi connectivity index (χ0n) is 13.4. The molecule has 0 unspecified atom stereocenters. The molecule has 0 saturated carbocycles. The summed E-state index contributed by atoms with van der Waals surface area (Å²) in [5.74, 6) is 0.448. The van der Waals surface area contributed by atoms with Crippen LogP contribution in [0.4, 0.5) is 0 Å². The van der Waals surface area contributed by atoms with Crippen LogP contribution in [0.15, 0.2) is 35.7 Å². The maximum Gasteiger partial charge on any atom is 0.236 e. The molecule has 132 valence electrons. The van der Waals surface area contributed by atoms with E-state index in [1.807, 2.05) is 30.3 Å². The van der Waals surface area contributed by atoms with Gasteiger partial charge in [-0.1, -0.05) is 30.3 Å². The van der Waals surface area contributed by atoms with Crippen molar-refractivity contribution in [1.82, 2.24) is 9.21 Å². The molecule has 6 nitrogen and oxygen atoms in total. The molecule has 2 saturated heterocycles. The van der Waals surface area contributed by atoms with Crippen molar-refractivity contribution >= 4 is 25.9 Å². The predicted octanol–water partition coefficient (Wildman–Crippen LogP) is 0.792. The fraction of sp³-hybridized carbons (Fsp3) is 0.500. The van der Waals surface area contributed by atoms with Crippen molar-refractivity contribution in [2.45, 2.75) is 12.5 Å². The first-order valence-corrected chi connectivity index (χ1v) is 11.4. The highest BCUT2D eigenvalue weighted by Crippen LogP contribution is 2.20. The maximum absolute atomic E-state index is 12.4. The minimum Gasteiger partial charge on any atom is -0.297 e. The minimum absolute atomic E-state index is 0.0414. The third-order valence-electron chi connectivity index (χ3n) is 4.59. The van der Waals surface area contributed by atoms with Crippen molar-refractivity contribution in [1.29, 1.82) is 0 Å². The zero-order valence-corrected chi connectivity index (χ0v) is 15.0. The van der Waals surface area contributed by atoms with Gasteiger partial charge < -0.3 is 0 Å². The van der Waals surface area contributed by atoms with Crippen LogP contribution >= 0.6 is 0 Å². The molecule has 3 rings (SSSR count). The van der Waals surface area contributed by atoms with Crippen LogP contribution in [-0.2, 0) is 19.9 Å². The Morgan fingerprint density at radius 2 is 1.71 bits per heavy atom. The van der Waals surface area contributed by atoms with Gasteiger partial charge in [0.25, 0.3) is 0 Å². The molecule has 0 spiro atoms. The molecule has 2 fully saturated rings. The summed E-state index contributed by atoms with van der Waals surface area (Å²) < 4.78 is 49.5. The number of piperazine rings is 1. The van der Waals surface area contributed by atoms with Gasteiger partial charge in [0.15, 0.2) is 9.84 Å². The van der Waals surface area contributed by atoms with Gasteiger partial charge in [-0.15, -0.1) is 0 Å². The normalized spacial score (nSPS) is 26.1. The monoisotopic (exact) mass is 370 g/mol. The Labute approximate surface area is 143 Å². The van der Waals surface area contributed by atoms with E-state index in [0.717, 1.165) is 5.56 Å². The molecule has 8 heteroatoms. The Morgan fingerprint density at radius 1 is 1.04 bits per heavy atom. The molecule has 0 N–H and O–H groups in total. The molecule has 24 heavy (non-hydrogen) atoms. The molecule has 0 aliphatic carbocycles. The second kappa shape index (κ2) is 6.95. The molecule has 1 atom stereocenters. The van der Waals surface area contributed by atoms with Crippen LogP contribution in [0.1, 0.15) is 12.0 Å². The average molecular weight is 370 g/mol. The third-order valence-corrected chi connectivity index (χ3v) is 7.91. The lowest BCUT2D eigenvalue weighted by atomic mass is 10.2. The molecule has 1 aromatic rings. The van der Waals surface area contributed by atoms with Crippen molar-refractivity contribution in [3.63, 3.8) is 0 Å². The number of sulfone groups is 1. The van der Waals surface area contributed by atoms with Gasteiger partial charge in [0, 0.05) is 37.6 Å². The van der Waals surface area contributed by atoms with Crippen molar-refractivity contribution in [2.24, 2.45) is 0 Å². The van der Waals surface area contributed by atoms with E-state index in [4.69, 9.17) is 0 Å². The van der Waals surface area contributed by atoms with E-state index in [-0.39, 0.29) is 17.5 Å². The predicted molar refractivity (Wildman–Crippen MR) is 94.6 cm³/mol. The van der Waals surface area contributed by atoms with E-state index in [0.29, 0.717) is 32.6 Å². The first-order valence-electron chi connectivity index (χ1n) is 8.03. The summed E-state index contributed by atoms with van der Waals surface area (Å²) in [7, 11) is -6.35. The van der Waals surface area contributed by atoms with E-state index >= 15 is 0 Å². The van der Waals surface area contributed by atoms with E-state index in [2.05, 4.69) is 4.90 Å². The topological polar surface area (TPSA) is 74.8 Å². The lowest BCUT2D eigenvalue weighted by Gasteiger charge is -2.36. The van der Waals surface area contributed by atoms with Crippen LogP contribution in [0.25, 0.3) is 6.08 Å². The van der Waals surface area contributed by atoms with E-state index in [9.17, 15) is 16.8 Å². The van der Waals surface area contributed by atoms with Crippen molar-refractivity contribution < 1.29 is 16.8 Å². The van der Waals surface area contributed by atoms with Gasteiger partial charge >= 0.3 is 0 Å². The first-order chi connectivity index (χ1) is 11.4. The molecule has 0 amide bonds. The highest BCUT2D eigenvalue weighted by molar-refractivity contribution is 7.92. The summed E-state index contributed by atoms with van der Waals surface area (Å²) in [5.41, 5.74) is 0.843. The van der Waals surface area contributed by atoms with Gasteiger partial charge in [-0.05, 0) is 18.1 Å². The molecule has 0 radical (unpaired) electrons. The number of nitrogens with zero attached hydrogens (tertiary/aromatic N) is 2. The largest absolute Gasteiger partial charge is 0.297 e. The summed E-state index contributed by atoms with van der Waals surface area (Å²) in [5, 5.41) is 1.25. The van der Waals surface area contributed by atoms with Gasteiger partial charge in [0.05, 0.1) is 11.5 Å². The molecule has 2 heterocycles. The van der Waals surface area contributed by atoms with Gasteiger partial charge in [0.1, 0.15) is 0 Å². The fourth-order valence-electron chi connectivity index (χ4n) is 3.20. The smallest absolute Gasteiger partial charge is 0.236 e. The Balaban J connectivity index is 1.59. The van der Waals surface area contributed by atoms with Crippen LogP contribution in [-0.4, -0.2) is 69.8 Å². The quantitative estimate of drug-likeness (QED) is 0.783. The van der Waals surface area contributed by atoms with E-state index < -0.39 is 19.9 Å². The van der Waals surface area contributed by atoms with Gasteiger partial charge in [-0.3, -0.25) is 4.90 Å². The Kier molecular flexibility index (Phi) is 5.10. The second-order valence-electron chi connectivity index (χ2n) is 6.25. The maximum atomic E-state index is 12.4. The van der Waals surface area contributed by atoms with Gasteiger partial charge in [-0.2, -0.15) is 4.31 Å². The van der Waals surface area contributed by atoms with Crippen molar-refractivity contribution in [3.8, 4) is 0 Å². The molecular formula is C16H22N2O4S2. The number of rotatable bonds is 4. The van der Waals surface area contributed by atoms with Crippen LogP contribution in [0.2, 0.25) is 0 Å². The van der Waals surface area contributed by atoms with E-state index in [1.54, 1.807) is 6.08 Å². The van der Waals surface area contributed by atoms with Crippen molar-refractivity contribution in [3.05, 3.63) is 41.3 Å². The summed E-state index contributed by atoms with van der Waals surface area (Å²) in [4.78, 5) is 2.11. The number of hydrogen-bond donors (Lipinski definition) is 0. The summed E-state index contributed by atoms with van der Waals surface area (Å²) >= 11 is 0. The minimum atomic E-state index is -3.44. The van der Waals surface area contributed by atoms with Crippen LogP contribution in [0, 0.1) is 0 Å². The lowest BCUT2D eigenvalue weighted by molar-refractivity contribution is 0.149. The Morgan fingerprint density at radius 3 is 2.29 bits per heavy atom. The summed E-state index contributed by atoms with van der Waals surface area (Å²) in [6, 6.07) is 9.35. The number of hydrogen-bond acceptors (Lipinski definition) is 5. The SMILES string of the molecule is O=S1(=O)CC[C@H](N2CCN(S(=O)(=O)/C=C/c3ccccc3)CC2)C1. The summed E-state index contributed by atoms with van der Waals surface area (Å²) in [6.45, 7) is 1.97. The summed E-state index contributed by atoms with van der Waals surface area (Å²) in [6.07, 6.45) is 2.26. The lowest BCUT2D eigenvalue weighted by Crippen LogP contribution is -2.51. The molecule has 2 aliphatic heterocycles. The Hall–Kier alpha value is -1.22. The molecular weight excluding hydrogens is 348 g/mol. The van der Waals surface area contributed by atoms with Gasteiger partial charge in [0.2, 0.25) is 10.0 Å². The fourth-order valence-corrected chi connectivity index (χ4v) is 6.14. The second-order valence-corrected chi connectivity index (χ2v) is 10.3. The standard InChI is InChI=1S/C16H22N2O4S2/c19-23(20)12-7-16(14-23)17-8-10-18(11-9-17)24(21,22)13-6-15-4-2-1-3-5-15/h1-6,13,16H,7-12,14H2/b13-6+/t16-/m0/s1. The number of sulfonamides is 1. The van der Waals surface area contributed by atoms with E-state index in [1.165, 1.54) is 9.71 Å². The highest BCUT2D eigenvalue weighted by Gasteiger charge is 2.35. The Bertz CT molecular complexity index is 796. The number of benzene rings is 1. The molecule has 2 aliphatic rings. The third kappa shape index (κ3) is 4.24. The van der Waals surface area contributed by atoms with Gasteiger partial charge in [-0.25, -0.2) is 16.8 Å². The van der Waals surface area contributed by atoms with Crippen LogP contribution in [0.3, 0.4) is 0 Å². The molecule has 0 aromatic heterocycles.